The maximum Gasteiger partial charge on any atom is 0.351 e. The highest BCUT2D eigenvalue weighted by molar-refractivity contribution is 5.94. The molecule has 110 valence electrons. The van der Waals surface area contributed by atoms with Crippen LogP contribution in [0.25, 0.3) is 11.0 Å². The molecule has 0 unspecified atom stereocenters. The largest absolute Gasteiger partial charge is 0.497 e. The zero-order chi connectivity index (χ0) is 15.5. The Hall–Kier alpha value is -3.08. The van der Waals surface area contributed by atoms with Crippen molar-refractivity contribution in [1.29, 1.82) is 0 Å². The SMILES string of the molecule is COc1ccc(OC(=O)c2cc3ccccc3oc2=O)cc1. The highest BCUT2D eigenvalue weighted by atomic mass is 16.5. The highest BCUT2D eigenvalue weighted by Crippen LogP contribution is 2.19. The number of fused-ring (bicyclic) bond motifs is 1. The average Bonchev–Trinajstić information content (AvgIpc) is 2.54. The Balaban J connectivity index is 1.91. The molecule has 3 rings (SSSR count). The van der Waals surface area contributed by atoms with E-state index in [1.54, 1.807) is 55.6 Å². The van der Waals surface area contributed by atoms with E-state index in [-0.39, 0.29) is 5.56 Å². The Morgan fingerprint density at radius 2 is 1.68 bits per heavy atom. The van der Waals surface area contributed by atoms with E-state index in [0.717, 1.165) is 0 Å². The summed E-state index contributed by atoms with van der Waals surface area (Å²) in [5.41, 5.74) is -0.444. The van der Waals surface area contributed by atoms with Gasteiger partial charge >= 0.3 is 11.6 Å². The lowest BCUT2D eigenvalue weighted by Gasteiger charge is -2.05. The van der Waals surface area contributed by atoms with Crippen molar-refractivity contribution in [3.63, 3.8) is 0 Å². The molecule has 5 heteroatoms. The van der Waals surface area contributed by atoms with Crippen molar-refractivity contribution in [2.24, 2.45) is 0 Å². The number of carbonyl (C=O) groups excluding carboxylic acids is 1. The zero-order valence-electron chi connectivity index (χ0n) is 11.7. The molecule has 2 aromatic carbocycles. The maximum absolute atomic E-state index is 12.1. The Kier molecular flexibility index (Phi) is 3.62. The first-order valence-corrected chi connectivity index (χ1v) is 6.56. The van der Waals surface area contributed by atoms with Crippen LogP contribution in [-0.4, -0.2) is 13.1 Å². The topological polar surface area (TPSA) is 65.7 Å². The fourth-order valence-electron chi connectivity index (χ4n) is 2.01. The predicted molar refractivity (Wildman–Crippen MR) is 80.4 cm³/mol. The summed E-state index contributed by atoms with van der Waals surface area (Å²) in [4.78, 5) is 24.0. The monoisotopic (exact) mass is 296 g/mol. The van der Waals surface area contributed by atoms with E-state index in [9.17, 15) is 9.59 Å². The molecule has 1 heterocycles. The Labute approximate surface area is 125 Å². The van der Waals surface area contributed by atoms with Crippen LogP contribution in [0.2, 0.25) is 0 Å². The molecule has 0 N–H and O–H groups in total. The van der Waals surface area contributed by atoms with Gasteiger partial charge in [0.15, 0.2) is 0 Å². The van der Waals surface area contributed by atoms with Crippen LogP contribution in [0.3, 0.4) is 0 Å². The summed E-state index contributed by atoms with van der Waals surface area (Å²) in [6.45, 7) is 0. The molecule has 0 aliphatic rings. The van der Waals surface area contributed by atoms with Gasteiger partial charge in [-0.3, -0.25) is 0 Å². The Morgan fingerprint density at radius 1 is 1.00 bits per heavy atom. The average molecular weight is 296 g/mol. The molecule has 0 radical (unpaired) electrons. The molecule has 0 spiro atoms. The van der Waals surface area contributed by atoms with Crippen molar-refractivity contribution in [3.05, 3.63) is 70.6 Å². The maximum atomic E-state index is 12.1. The number of hydrogen-bond acceptors (Lipinski definition) is 5. The van der Waals surface area contributed by atoms with Gasteiger partial charge in [-0.25, -0.2) is 9.59 Å². The third kappa shape index (κ3) is 2.69. The molecule has 1 aromatic heterocycles. The van der Waals surface area contributed by atoms with Crippen LogP contribution < -0.4 is 15.1 Å². The number of methoxy groups -OCH3 is 1. The molecule has 0 saturated heterocycles. The molecule has 0 atom stereocenters. The first-order valence-electron chi connectivity index (χ1n) is 6.56. The second-order valence-electron chi connectivity index (χ2n) is 4.55. The first kappa shape index (κ1) is 13.9. The van der Waals surface area contributed by atoms with E-state index >= 15 is 0 Å². The van der Waals surface area contributed by atoms with Gasteiger partial charge in [-0.15, -0.1) is 0 Å². The molecule has 0 amide bonds. The zero-order valence-corrected chi connectivity index (χ0v) is 11.7. The van der Waals surface area contributed by atoms with Gasteiger partial charge in [-0.2, -0.15) is 0 Å². The molecule has 0 fully saturated rings. The van der Waals surface area contributed by atoms with E-state index in [1.165, 1.54) is 6.07 Å². The van der Waals surface area contributed by atoms with Crippen molar-refractivity contribution >= 4 is 16.9 Å². The van der Waals surface area contributed by atoms with E-state index in [0.29, 0.717) is 22.5 Å². The van der Waals surface area contributed by atoms with Crippen molar-refractivity contribution in [1.82, 2.24) is 0 Å². The number of ether oxygens (including phenoxy) is 2. The van der Waals surface area contributed by atoms with Crippen molar-refractivity contribution in [2.45, 2.75) is 0 Å². The Morgan fingerprint density at radius 3 is 2.41 bits per heavy atom. The fraction of sp³-hybridized carbons (Fsp3) is 0.0588. The lowest BCUT2D eigenvalue weighted by molar-refractivity contribution is 0.0730. The summed E-state index contributed by atoms with van der Waals surface area (Å²) in [6.07, 6.45) is 0. The standard InChI is InChI=1S/C17H12O5/c1-20-12-6-8-13(9-7-12)21-16(18)14-10-11-4-2-3-5-15(11)22-17(14)19/h2-10H,1H3. The second kappa shape index (κ2) is 5.73. The van der Waals surface area contributed by atoms with Gasteiger partial charge in [0, 0.05) is 5.39 Å². The highest BCUT2D eigenvalue weighted by Gasteiger charge is 2.16. The number of benzene rings is 2. The van der Waals surface area contributed by atoms with Crippen LogP contribution in [0.1, 0.15) is 10.4 Å². The molecule has 0 aliphatic heterocycles. The van der Waals surface area contributed by atoms with Gasteiger partial charge in [0.1, 0.15) is 22.6 Å². The fourth-order valence-corrected chi connectivity index (χ4v) is 2.01. The molecule has 0 bridgehead atoms. The minimum absolute atomic E-state index is 0.144. The van der Waals surface area contributed by atoms with Crippen LogP contribution in [0.15, 0.2) is 63.8 Å². The van der Waals surface area contributed by atoms with Gasteiger partial charge in [0.2, 0.25) is 0 Å². The van der Waals surface area contributed by atoms with E-state index in [1.807, 2.05) is 0 Å². The van der Waals surface area contributed by atoms with E-state index in [2.05, 4.69) is 0 Å². The second-order valence-corrected chi connectivity index (χ2v) is 4.55. The summed E-state index contributed by atoms with van der Waals surface area (Å²) in [5, 5.41) is 0.656. The van der Waals surface area contributed by atoms with Crippen LogP contribution in [0.5, 0.6) is 11.5 Å². The van der Waals surface area contributed by atoms with Crippen molar-refractivity contribution < 1.29 is 18.7 Å². The predicted octanol–water partition coefficient (Wildman–Crippen LogP) is 3.02. The number of carbonyl (C=O) groups is 1. The molecular formula is C17H12O5. The third-order valence-electron chi connectivity index (χ3n) is 3.13. The summed E-state index contributed by atoms with van der Waals surface area (Å²) in [6, 6.07) is 14.9. The minimum Gasteiger partial charge on any atom is -0.497 e. The number of esters is 1. The van der Waals surface area contributed by atoms with E-state index in [4.69, 9.17) is 13.9 Å². The minimum atomic E-state index is -0.760. The van der Waals surface area contributed by atoms with Gasteiger partial charge in [-0.1, -0.05) is 18.2 Å². The Bertz CT molecular complexity index is 877. The van der Waals surface area contributed by atoms with Gasteiger partial charge < -0.3 is 13.9 Å². The molecule has 0 saturated carbocycles. The van der Waals surface area contributed by atoms with Gasteiger partial charge in [-0.05, 0) is 36.4 Å². The van der Waals surface area contributed by atoms with Crippen LogP contribution in [0, 0.1) is 0 Å². The summed E-state index contributed by atoms with van der Waals surface area (Å²) < 4.78 is 15.3. The molecule has 0 aliphatic carbocycles. The molecule has 3 aromatic rings. The van der Waals surface area contributed by atoms with Crippen LogP contribution in [0.4, 0.5) is 0 Å². The van der Waals surface area contributed by atoms with Gasteiger partial charge in [0.25, 0.3) is 0 Å². The lowest BCUT2D eigenvalue weighted by Crippen LogP contribution is -2.18. The van der Waals surface area contributed by atoms with Crippen molar-refractivity contribution in [3.8, 4) is 11.5 Å². The number of hydrogen-bond donors (Lipinski definition) is 0. The van der Waals surface area contributed by atoms with Gasteiger partial charge in [0.05, 0.1) is 7.11 Å². The summed E-state index contributed by atoms with van der Waals surface area (Å²) in [7, 11) is 1.54. The lowest BCUT2D eigenvalue weighted by atomic mass is 10.2. The summed E-state index contributed by atoms with van der Waals surface area (Å²) in [5.74, 6) is 0.202. The summed E-state index contributed by atoms with van der Waals surface area (Å²) >= 11 is 0. The number of rotatable bonds is 3. The molecule has 5 nitrogen and oxygen atoms in total. The van der Waals surface area contributed by atoms with E-state index < -0.39 is 11.6 Å². The van der Waals surface area contributed by atoms with Crippen LogP contribution >= 0.6 is 0 Å². The van der Waals surface area contributed by atoms with Crippen LogP contribution in [-0.2, 0) is 0 Å². The smallest absolute Gasteiger partial charge is 0.351 e. The third-order valence-corrected chi connectivity index (χ3v) is 3.13. The molecule has 22 heavy (non-hydrogen) atoms. The first-order chi connectivity index (χ1) is 10.7. The quantitative estimate of drug-likeness (QED) is 0.422. The number of para-hydroxylation sites is 1. The normalized spacial score (nSPS) is 10.4. The molecular weight excluding hydrogens is 284 g/mol. The van der Waals surface area contributed by atoms with Crippen molar-refractivity contribution in [2.75, 3.05) is 7.11 Å².